The number of rotatable bonds is 5. The van der Waals surface area contributed by atoms with E-state index in [-0.39, 0.29) is 17.0 Å². The molecule has 2 N–H and O–H groups in total. The fourth-order valence-electron chi connectivity index (χ4n) is 1.74. The Hall–Kier alpha value is -2.18. The molecule has 0 bridgehead atoms. The van der Waals surface area contributed by atoms with Crippen LogP contribution in [0.15, 0.2) is 59.5 Å². The smallest absolute Gasteiger partial charge is 0.336 e. The standard InChI is InChI=1S/C14H13NO4S/c16-14(17)13-9-5-4-6-11(13)10-15-20(18,19)12-7-2-1-3-8-12/h1-9,15H,10H2,(H,16,17). The first-order valence-corrected chi connectivity index (χ1v) is 7.35. The van der Waals surface area contributed by atoms with Crippen molar-refractivity contribution in [1.29, 1.82) is 0 Å². The van der Waals surface area contributed by atoms with Gasteiger partial charge in [-0.05, 0) is 23.8 Å². The van der Waals surface area contributed by atoms with E-state index < -0.39 is 16.0 Å². The first kappa shape index (κ1) is 14.2. The van der Waals surface area contributed by atoms with Crippen molar-refractivity contribution in [3.8, 4) is 0 Å². The number of sulfonamides is 1. The van der Waals surface area contributed by atoms with Crippen LogP contribution in [0.5, 0.6) is 0 Å². The fraction of sp³-hybridized carbons (Fsp3) is 0.0714. The molecule has 0 amide bonds. The molecule has 2 aromatic carbocycles. The van der Waals surface area contributed by atoms with Crippen LogP contribution in [0.25, 0.3) is 0 Å². The predicted molar refractivity (Wildman–Crippen MR) is 73.9 cm³/mol. The van der Waals surface area contributed by atoms with E-state index in [1.54, 1.807) is 36.4 Å². The molecular weight excluding hydrogens is 278 g/mol. The first-order valence-electron chi connectivity index (χ1n) is 5.86. The Morgan fingerprint density at radius 2 is 1.60 bits per heavy atom. The summed E-state index contributed by atoms with van der Waals surface area (Å²) in [6.07, 6.45) is 0. The van der Waals surface area contributed by atoms with Gasteiger partial charge in [0.25, 0.3) is 0 Å². The van der Waals surface area contributed by atoms with Gasteiger partial charge in [-0.25, -0.2) is 17.9 Å². The van der Waals surface area contributed by atoms with Gasteiger partial charge in [-0.15, -0.1) is 0 Å². The Balaban J connectivity index is 2.19. The Kier molecular flexibility index (Phi) is 4.16. The SMILES string of the molecule is O=C(O)c1ccccc1CNS(=O)(=O)c1ccccc1. The minimum absolute atomic E-state index is 0.0697. The predicted octanol–water partition coefficient (Wildman–Crippen LogP) is 1.86. The van der Waals surface area contributed by atoms with E-state index >= 15 is 0 Å². The maximum absolute atomic E-state index is 12.0. The topological polar surface area (TPSA) is 83.5 Å². The molecule has 0 radical (unpaired) electrons. The molecule has 0 fully saturated rings. The van der Waals surface area contributed by atoms with Gasteiger partial charge in [0.05, 0.1) is 10.5 Å². The van der Waals surface area contributed by atoms with E-state index in [0.29, 0.717) is 5.56 Å². The largest absolute Gasteiger partial charge is 0.478 e. The Morgan fingerprint density at radius 1 is 1.00 bits per heavy atom. The van der Waals surface area contributed by atoms with Crippen LogP contribution in [0.4, 0.5) is 0 Å². The van der Waals surface area contributed by atoms with Gasteiger partial charge in [-0.1, -0.05) is 36.4 Å². The Bertz CT molecular complexity index is 711. The van der Waals surface area contributed by atoms with Crippen molar-refractivity contribution in [1.82, 2.24) is 4.72 Å². The van der Waals surface area contributed by atoms with Gasteiger partial charge in [0.2, 0.25) is 10.0 Å². The maximum Gasteiger partial charge on any atom is 0.336 e. The highest BCUT2D eigenvalue weighted by atomic mass is 32.2. The molecule has 0 aliphatic rings. The molecule has 2 aromatic rings. The zero-order valence-corrected chi connectivity index (χ0v) is 11.3. The summed E-state index contributed by atoms with van der Waals surface area (Å²) in [5.74, 6) is -1.08. The molecule has 6 heteroatoms. The average molecular weight is 291 g/mol. The van der Waals surface area contributed by atoms with Gasteiger partial charge in [-0.2, -0.15) is 0 Å². The summed E-state index contributed by atoms with van der Waals surface area (Å²) in [7, 11) is -3.64. The molecule has 104 valence electrons. The highest BCUT2D eigenvalue weighted by Gasteiger charge is 2.15. The molecule has 0 aliphatic carbocycles. The molecule has 0 saturated carbocycles. The van der Waals surface area contributed by atoms with Gasteiger partial charge < -0.3 is 5.11 Å². The van der Waals surface area contributed by atoms with Gasteiger partial charge in [0, 0.05) is 6.54 Å². The molecule has 0 aromatic heterocycles. The molecule has 0 aliphatic heterocycles. The third kappa shape index (κ3) is 3.23. The van der Waals surface area contributed by atoms with E-state index in [2.05, 4.69) is 4.72 Å². The number of hydrogen-bond donors (Lipinski definition) is 2. The van der Waals surface area contributed by atoms with Gasteiger partial charge in [0.1, 0.15) is 0 Å². The second-order valence-corrected chi connectivity index (χ2v) is 5.87. The molecule has 0 spiro atoms. The monoisotopic (exact) mass is 291 g/mol. The van der Waals surface area contributed by atoms with E-state index in [1.165, 1.54) is 18.2 Å². The summed E-state index contributed by atoms with van der Waals surface area (Å²) < 4.78 is 26.5. The van der Waals surface area contributed by atoms with Crippen molar-refractivity contribution < 1.29 is 18.3 Å². The van der Waals surface area contributed by atoms with Crippen molar-refractivity contribution in [3.63, 3.8) is 0 Å². The van der Waals surface area contributed by atoms with Crippen molar-refractivity contribution >= 4 is 16.0 Å². The van der Waals surface area contributed by atoms with Crippen LogP contribution in [0.2, 0.25) is 0 Å². The van der Waals surface area contributed by atoms with Gasteiger partial charge >= 0.3 is 5.97 Å². The second kappa shape index (κ2) is 5.85. The molecule has 0 unspecified atom stereocenters. The minimum atomic E-state index is -3.64. The van der Waals surface area contributed by atoms with E-state index in [9.17, 15) is 13.2 Å². The third-order valence-electron chi connectivity index (χ3n) is 2.75. The summed E-state index contributed by atoms with van der Waals surface area (Å²) in [6.45, 7) is -0.0697. The highest BCUT2D eigenvalue weighted by molar-refractivity contribution is 7.89. The van der Waals surface area contributed by atoms with Gasteiger partial charge in [-0.3, -0.25) is 0 Å². The normalized spacial score (nSPS) is 11.2. The summed E-state index contributed by atoms with van der Waals surface area (Å²) in [5.41, 5.74) is 0.503. The van der Waals surface area contributed by atoms with Crippen LogP contribution < -0.4 is 4.72 Å². The summed E-state index contributed by atoms with van der Waals surface area (Å²) in [6, 6.07) is 14.2. The molecule has 0 heterocycles. The van der Waals surface area contributed by atoms with Crippen molar-refractivity contribution in [2.75, 3.05) is 0 Å². The van der Waals surface area contributed by atoms with Crippen molar-refractivity contribution in [3.05, 3.63) is 65.7 Å². The molecule has 0 atom stereocenters. The average Bonchev–Trinajstić information content (AvgIpc) is 2.46. The van der Waals surface area contributed by atoms with Crippen LogP contribution in [0.1, 0.15) is 15.9 Å². The Morgan fingerprint density at radius 3 is 2.25 bits per heavy atom. The lowest BCUT2D eigenvalue weighted by Crippen LogP contribution is -2.24. The minimum Gasteiger partial charge on any atom is -0.478 e. The molecular formula is C14H13NO4S. The third-order valence-corrected chi connectivity index (χ3v) is 4.17. The first-order chi connectivity index (χ1) is 9.50. The van der Waals surface area contributed by atoms with Crippen LogP contribution in [-0.2, 0) is 16.6 Å². The fourth-order valence-corrected chi connectivity index (χ4v) is 2.77. The number of nitrogens with one attached hydrogen (secondary N) is 1. The maximum atomic E-state index is 12.0. The molecule has 5 nitrogen and oxygen atoms in total. The highest BCUT2D eigenvalue weighted by Crippen LogP contribution is 2.11. The number of aromatic carboxylic acids is 1. The number of benzene rings is 2. The van der Waals surface area contributed by atoms with Gasteiger partial charge in [0.15, 0.2) is 0 Å². The lowest BCUT2D eigenvalue weighted by atomic mass is 10.1. The van der Waals surface area contributed by atoms with Crippen LogP contribution in [0, 0.1) is 0 Å². The van der Waals surface area contributed by atoms with E-state index in [1.807, 2.05) is 0 Å². The van der Waals surface area contributed by atoms with Crippen LogP contribution in [0.3, 0.4) is 0 Å². The zero-order valence-electron chi connectivity index (χ0n) is 10.5. The Labute approximate surface area is 116 Å². The number of carboxylic acid groups (broad SMARTS) is 1. The number of carboxylic acids is 1. The number of carbonyl (C=O) groups is 1. The number of hydrogen-bond acceptors (Lipinski definition) is 3. The lowest BCUT2D eigenvalue weighted by Gasteiger charge is -2.08. The summed E-state index contributed by atoms with van der Waals surface area (Å²) >= 11 is 0. The molecule has 0 saturated heterocycles. The second-order valence-electron chi connectivity index (χ2n) is 4.10. The summed E-state index contributed by atoms with van der Waals surface area (Å²) in [5, 5.41) is 9.03. The van der Waals surface area contributed by atoms with Crippen LogP contribution >= 0.6 is 0 Å². The zero-order chi connectivity index (χ0) is 14.6. The lowest BCUT2D eigenvalue weighted by molar-refractivity contribution is 0.0695. The molecule has 20 heavy (non-hydrogen) atoms. The van der Waals surface area contributed by atoms with Crippen molar-refractivity contribution in [2.24, 2.45) is 0 Å². The summed E-state index contributed by atoms with van der Waals surface area (Å²) in [4.78, 5) is 11.2. The quantitative estimate of drug-likeness (QED) is 0.880. The van der Waals surface area contributed by atoms with E-state index in [0.717, 1.165) is 0 Å². The van der Waals surface area contributed by atoms with Crippen LogP contribution in [-0.4, -0.2) is 19.5 Å². The molecule has 2 rings (SSSR count). The van der Waals surface area contributed by atoms with Crippen molar-refractivity contribution in [2.45, 2.75) is 11.4 Å². The van der Waals surface area contributed by atoms with E-state index in [4.69, 9.17) is 5.11 Å².